The molecule has 16 heavy (non-hydrogen) atoms. The molecule has 0 bridgehead atoms. The fourth-order valence-electron chi connectivity index (χ4n) is 1.43. The lowest BCUT2D eigenvalue weighted by atomic mass is 9.96. The van der Waals surface area contributed by atoms with Gasteiger partial charge in [0.1, 0.15) is 5.01 Å². The molecule has 6 heteroatoms. The monoisotopic (exact) mass is 239 g/mol. The Balaban J connectivity index is 2.36. The SMILES string of the molecule is CCNCc1nn2c(C(C)(C)C)nnc2s1. The van der Waals surface area contributed by atoms with E-state index in [1.165, 1.54) is 0 Å². The average molecular weight is 239 g/mol. The Morgan fingerprint density at radius 1 is 1.31 bits per heavy atom. The van der Waals surface area contributed by atoms with Gasteiger partial charge in [0.2, 0.25) is 4.96 Å². The third-order valence-corrected chi connectivity index (χ3v) is 3.13. The Hall–Kier alpha value is -1.01. The topological polar surface area (TPSA) is 55.1 Å². The Labute approximate surface area is 98.9 Å². The predicted octanol–water partition coefficient (Wildman–Crippen LogP) is 1.59. The molecule has 0 spiro atoms. The van der Waals surface area contributed by atoms with Crippen LogP contribution in [0.4, 0.5) is 0 Å². The van der Waals surface area contributed by atoms with Crippen LogP contribution in [0.3, 0.4) is 0 Å². The van der Waals surface area contributed by atoms with Gasteiger partial charge in [-0.25, -0.2) is 0 Å². The Morgan fingerprint density at radius 2 is 2.06 bits per heavy atom. The second-order valence-electron chi connectivity index (χ2n) is 4.74. The molecular weight excluding hydrogens is 222 g/mol. The van der Waals surface area contributed by atoms with Crippen LogP contribution in [-0.4, -0.2) is 26.4 Å². The van der Waals surface area contributed by atoms with E-state index >= 15 is 0 Å². The molecule has 2 aromatic rings. The molecule has 2 heterocycles. The summed E-state index contributed by atoms with van der Waals surface area (Å²) >= 11 is 1.59. The molecule has 0 aromatic carbocycles. The second-order valence-corrected chi connectivity index (χ2v) is 5.78. The van der Waals surface area contributed by atoms with E-state index in [9.17, 15) is 0 Å². The van der Waals surface area contributed by atoms with Gasteiger partial charge >= 0.3 is 0 Å². The first-order chi connectivity index (χ1) is 7.52. The quantitative estimate of drug-likeness (QED) is 0.884. The summed E-state index contributed by atoms with van der Waals surface area (Å²) in [7, 11) is 0. The lowest BCUT2D eigenvalue weighted by molar-refractivity contribution is 0.525. The molecule has 0 radical (unpaired) electrons. The number of nitrogens with one attached hydrogen (secondary N) is 1. The molecule has 0 amide bonds. The third kappa shape index (κ3) is 2.08. The molecule has 2 aromatic heterocycles. The predicted molar refractivity (Wildman–Crippen MR) is 64.7 cm³/mol. The van der Waals surface area contributed by atoms with E-state index in [0.717, 1.165) is 28.9 Å². The van der Waals surface area contributed by atoms with Crippen LogP contribution in [0.25, 0.3) is 4.96 Å². The van der Waals surface area contributed by atoms with Crippen molar-refractivity contribution in [1.82, 2.24) is 25.1 Å². The summed E-state index contributed by atoms with van der Waals surface area (Å²) in [6.45, 7) is 10.2. The van der Waals surface area contributed by atoms with Crippen LogP contribution < -0.4 is 5.32 Å². The minimum Gasteiger partial charge on any atom is -0.311 e. The number of rotatable bonds is 3. The van der Waals surface area contributed by atoms with Gasteiger partial charge in [0.15, 0.2) is 5.82 Å². The molecule has 2 rings (SSSR count). The first-order valence-electron chi connectivity index (χ1n) is 5.44. The van der Waals surface area contributed by atoms with E-state index in [0.29, 0.717) is 0 Å². The van der Waals surface area contributed by atoms with Crippen LogP contribution in [0.2, 0.25) is 0 Å². The third-order valence-electron chi connectivity index (χ3n) is 2.23. The molecule has 88 valence electrons. The number of aromatic nitrogens is 4. The highest BCUT2D eigenvalue weighted by molar-refractivity contribution is 7.16. The lowest BCUT2D eigenvalue weighted by Gasteiger charge is -2.13. The molecule has 5 nitrogen and oxygen atoms in total. The van der Waals surface area contributed by atoms with Crippen LogP contribution in [-0.2, 0) is 12.0 Å². The van der Waals surface area contributed by atoms with E-state index in [-0.39, 0.29) is 5.41 Å². The zero-order valence-corrected chi connectivity index (χ0v) is 10.9. The summed E-state index contributed by atoms with van der Waals surface area (Å²) in [4.78, 5) is 0.873. The first-order valence-corrected chi connectivity index (χ1v) is 6.26. The van der Waals surface area contributed by atoms with E-state index in [1.807, 2.05) is 4.52 Å². The van der Waals surface area contributed by atoms with Gasteiger partial charge < -0.3 is 5.32 Å². The maximum absolute atomic E-state index is 4.52. The van der Waals surface area contributed by atoms with Crippen LogP contribution in [0.1, 0.15) is 38.5 Å². The molecule has 0 atom stereocenters. The standard InChI is InChI=1S/C10H17N5S/c1-5-11-6-7-14-15-8(10(2,3)4)12-13-9(15)16-7/h11H,5-6H2,1-4H3. The van der Waals surface area contributed by atoms with Crippen molar-refractivity contribution in [2.24, 2.45) is 0 Å². The van der Waals surface area contributed by atoms with Crippen LogP contribution in [0, 0.1) is 0 Å². The smallest absolute Gasteiger partial charge is 0.234 e. The molecule has 0 aliphatic rings. The minimum absolute atomic E-state index is 0.0249. The maximum Gasteiger partial charge on any atom is 0.234 e. The van der Waals surface area contributed by atoms with Crippen molar-refractivity contribution in [3.63, 3.8) is 0 Å². The van der Waals surface area contributed by atoms with Crippen molar-refractivity contribution in [3.8, 4) is 0 Å². The Bertz CT molecular complexity index is 479. The molecule has 0 unspecified atom stereocenters. The second kappa shape index (κ2) is 4.10. The summed E-state index contributed by atoms with van der Waals surface area (Å²) in [6.07, 6.45) is 0. The number of hydrogen-bond acceptors (Lipinski definition) is 5. The van der Waals surface area contributed by atoms with Gasteiger partial charge in [0.05, 0.1) is 0 Å². The number of nitrogens with zero attached hydrogens (tertiary/aromatic N) is 4. The summed E-state index contributed by atoms with van der Waals surface area (Å²) in [5.41, 5.74) is -0.0249. The van der Waals surface area contributed by atoms with Crippen LogP contribution in [0.5, 0.6) is 0 Å². The zero-order valence-electron chi connectivity index (χ0n) is 10.1. The maximum atomic E-state index is 4.52. The van der Waals surface area contributed by atoms with Crippen molar-refractivity contribution in [1.29, 1.82) is 0 Å². The molecule has 0 saturated carbocycles. The van der Waals surface area contributed by atoms with Crippen molar-refractivity contribution in [2.75, 3.05) is 6.54 Å². The molecule has 1 N–H and O–H groups in total. The normalized spacial score (nSPS) is 12.5. The summed E-state index contributed by atoms with van der Waals surface area (Å²) in [5, 5.41) is 17.2. The van der Waals surface area contributed by atoms with Gasteiger partial charge in [-0.2, -0.15) is 9.61 Å². The van der Waals surface area contributed by atoms with Crippen LogP contribution >= 0.6 is 11.3 Å². The van der Waals surface area contributed by atoms with E-state index in [4.69, 9.17) is 0 Å². The number of hydrogen-bond donors (Lipinski definition) is 1. The molecule has 0 fully saturated rings. The van der Waals surface area contributed by atoms with Crippen molar-refractivity contribution in [3.05, 3.63) is 10.8 Å². The van der Waals surface area contributed by atoms with E-state index in [2.05, 4.69) is 48.3 Å². The van der Waals surface area contributed by atoms with Gasteiger partial charge in [0.25, 0.3) is 0 Å². The van der Waals surface area contributed by atoms with E-state index < -0.39 is 0 Å². The van der Waals surface area contributed by atoms with Gasteiger partial charge in [0, 0.05) is 12.0 Å². The summed E-state index contributed by atoms with van der Waals surface area (Å²) < 4.78 is 1.86. The first kappa shape index (κ1) is 11.5. The highest BCUT2D eigenvalue weighted by Crippen LogP contribution is 2.23. The molecular formula is C10H17N5S. The summed E-state index contributed by atoms with van der Waals surface area (Å²) in [5.74, 6) is 0.918. The van der Waals surface area contributed by atoms with Gasteiger partial charge in [-0.05, 0) is 6.54 Å². The Kier molecular flexibility index (Phi) is 2.94. The highest BCUT2D eigenvalue weighted by atomic mass is 32.1. The van der Waals surface area contributed by atoms with Gasteiger partial charge in [-0.1, -0.05) is 39.0 Å². The van der Waals surface area contributed by atoms with E-state index in [1.54, 1.807) is 11.3 Å². The largest absolute Gasteiger partial charge is 0.311 e. The Morgan fingerprint density at radius 3 is 2.69 bits per heavy atom. The van der Waals surface area contributed by atoms with Crippen LogP contribution in [0.15, 0.2) is 0 Å². The highest BCUT2D eigenvalue weighted by Gasteiger charge is 2.23. The summed E-state index contributed by atoms with van der Waals surface area (Å²) in [6, 6.07) is 0. The van der Waals surface area contributed by atoms with Crippen molar-refractivity contribution in [2.45, 2.75) is 39.7 Å². The van der Waals surface area contributed by atoms with Gasteiger partial charge in [-0.15, -0.1) is 10.2 Å². The van der Waals surface area contributed by atoms with Crippen molar-refractivity contribution >= 4 is 16.3 Å². The van der Waals surface area contributed by atoms with Crippen molar-refractivity contribution < 1.29 is 0 Å². The molecule has 0 saturated heterocycles. The number of fused-ring (bicyclic) bond motifs is 1. The fraction of sp³-hybridized carbons (Fsp3) is 0.700. The molecule has 0 aliphatic carbocycles. The minimum atomic E-state index is -0.0249. The molecule has 0 aliphatic heterocycles. The average Bonchev–Trinajstić information content (AvgIpc) is 2.70. The fourth-order valence-corrected chi connectivity index (χ4v) is 2.23. The zero-order chi connectivity index (χ0) is 11.8. The van der Waals surface area contributed by atoms with Gasteiger partial charge in [-0.3, -0.25) is 0 Å². The lowest BCUT2D eigenvalue weighted by Crippen LogP contribution is -2.17.